The van der Waals surface area contributed by atoms with Crippen molar-refractivity contribution in [3.8, 4) is 0 Å². The summed E-state index contributed by atoms with van der Waals surface area (Å²) >= 11 is 0. The van der Waals surface area contributed by atoms with Crippen LogP contribution in [0.15, 0.2) is 36.7 Å². The summed E-state index contributed by atoms with van der Waals surface area (Å²) in [5.74, 6) is 0.918. The summed E-state index contributed by atoms with van der Waals surface area (Å²) in [6.45, 7) is 10.4. The summed E-state index contributed by atoms with van der Waals surface area (Å²) in [7, 11) is 0. The molecular formula is C22H32N8O2. The fourth-order valence-electron chi connectivity index (χ4n) is 3.98. The van der Waals surface area contributed by atoms with Gasteiger partial charge in [-0.25, -0.2) is 14.8 Å². The average molecular weight is 441 g/mol. The van der Waals surface area contributed by atoms with Gasteiger partial charge in [0.25, 0.3) is 5.95 Å². The van der Waals surface area contributed by atoms with Gasteiger partial charge in [0, 0.05) is 51.0 Å². The van der Waals surface area contributed by atoms with Crippen molar-refractivity contribution in [3.05, 3.63) is 36.7 Å². The minimum atomic E-state index is -0.308. The average Bonchev–Trinajstić information content (AvgIpc) is 3.08. The number of anilines is 3. The third kappa shape index (κ3) is 5.50. The summed E-state index contributed by atoms with van der Waals surface area (Å²) in [5.41, 5.74) is 0.714. The molecule has 0 spiro atoms. The molecular weight excluding hydrogens is 408 g/mol. The van der Waals surface area contributed by atoms with Gasteiger partial charge in [-0.3, -0.25) is 4.90 Å². The number of nitrogens with zero attached hydrogens (tertiary/aromatic N) is 7. The quantitative estimate of drug-likeness (QED) is 0.756. The Labute approximate surface area is 189 Å². The van der Waals surface area contributed by atoms with E-state index in [4.69, 9.17) is 9.72 Å². The van der Waals surface area contributed by atoms with Crippen molar-refractivity contribution >= 4 is 23.6 Å². The van der Waals surface area contributed by atoms with Gasteiger partial charge >= 0.3 is 6.03 Å². The van der Waals surface area contributed by atoms with Crippen LogP contribution in [0.25, 0.3) is 0 Å². The van der Waals surface area contributed by atoms with Crippen molar-refractivity contribution < 1.29 is 9.53 Å². The van der Waals surface area contributed by atoms with Gasteiger partial charge in [0.2, 0.25) is 5.95 Å². The summed E-state index contributed by atoms with van der Waals surface area (Å²) in [5, 5.41) is 6.38. The van der Waals surface area contributed by atoms with Crippen LogP contribution in [0.4, 0.5) is 22.4 Å². The molecule has 1 aromatic heterocycles. The maximum Gasteiger partial charge on any atom is 0.343 e. The normalized spacial score (nSPS) is 18.4. The lowest BCUT2D eigenvalue weighted by Gasteiger charge is -2.35. The molecule has 0 saturated carbocycles. The zero-order chi connectivity index (χ0) is 22.3. The molecule has 0 unspecified atom stereocenters. The van der Waals surface area contributed by atoms with Gasteiger partial charge in [0.05, 0.1) is 13.2 Å². The Balaban J connectivity index is 1.56. The number of benzene rings is 1. The molecule has 2 aromatic rings. The van der Waals surface area contributed by atoms with Crippen LogP contribution in [0.3, 0.4) is 0 Å². The van der Waals surface area contributed by atoms with Crippen LogP contribution < -0.4 is 15.2 Å². The van der Waals surface area contributed by atoms with Gasteiger partial charge in [0.1, 0.15) is 6.33 Å². The van der Waals surface area contributed by atoms with E-state index in [1.54, 1.807) is 0 Å². The molecule has 0 aliphatic carbocycles. The van der Waals surface area contributed by atoms with E-state index in [0.717, 1.165) is 32.6 Å². The van der Waals surface area contributed by atoms with E-state index in [1.807, 2.05) is 35.3 Å². The number of hydrazine groups is 1. The highest BCUT2D eigenvalue weighted by molar-refractivity contribution is 5.99. The number of urea groups is 1. The van der Waals surface area contributed by atoms with E-state index in [0.29, 0.717) is 49.9 Å². The van der Waals surface area contributed by atoms with Crippen LogP contribution in [0, 0.1) is 0 Å². The number of carbonyl (C=O) groups excluding carboxylic acids is 1. The Morgan fingerprint density at radius 3 is 2.56 bits per heavy atom. The molecule has 2 aliphatic rings. The van der Waals surface area contributed by atoms with Gasteiger partial charge in [-0.1, -0.05) is 18.2 Å². The minimum absolute atomic E-state index is 0.308. The summed E-state index contributed by atoms with van der Waals surface area (Å²) in [6.07, 6.45) is 2.53. The highest BCUT2D eigenvalue weighted by Crippen LogP contribution is 2.19. The summed E-state index contributed by atoms with van der Waals surface area (Å²) in [6, 6.07) is 9.59. The number of hydrogen-bond donors (Lipinski definition) is 1. The van der Waals surface area contributed by atoms with E-state index in [9.17, 15) is 4.79 Å². The molecule has 3 heterocycles. The summed E-state index contributed by atoms with van der Waals surface area (Å²) < 4.78 is 5.48. The number of para-hydroxylation sites is 1. The Bertz CT molecular complexity index is 875. The molecule has 10 nitrogen and oxygen atoms in total. The van der Waals surface area contributed by atoms with Crippen molar-refractivity contribution in [3.63, 3.8) is 0 Å². The van der Waals surface area contributed by atoms with Crippen LogP contribution in [0.5, 0.6) is 0 Å². The topological polar surface area (TPSA) is 90.0 Å². The number of aromatic nitrogens is 3. The molecule has 10 heteroatoms. The Kier molecular flexibility index (Phi) is 7.46. The van der Waals surface area contributed by atoms with E-state index in [1.165, 1.54) is 11.3 Å². The monoisotopic (exact) mass is 440 g/mol. The lowest BCUT2D eigenvalue weighted by Crippen LogP contribution is -2.54. The molecule has 1 N–H and O–H groups in total. The maximum absolute atomic E-state index is 13.3. The molecule has 0 atom stereocenters. The number of carbonyl (C=O) groups is 1. The molecule has 2 amide bonds. The molecule has 2 saturated heterocycles. The van der Waals surface area contributed by atoms with Crippen molar-refractivity contribution in [1.82, 2.24) is 24.9 Å². The highest BCUT2D eigenvalue weighted by Gasteiger charge is 2.29. The smallest absolute Gasteiger partial charge is 0.343 e. The van der Waals surface area contributed by atoms with Crippen LogP contribution in [-0.4, -0.2) is 89.4 Å². The largest absolute Gasteiger partial charge is 0.379 e. The highest BCUT2D eigenvalue weighted by atomic mass is 16.5. The number of rotatable bonds is 5. The van der Waals surface area contributed by atoms with Gasteiger partial charge in [0.15, 0.2) is 0 Å². The standard InChI is InChI=1S/C22H32N8O2/c1-18(2)27-9-6-10-28(12-11-27)20-23-17-24-21(26-20)30(29-13-15-32-16-14-29)22(31)25-19-7-4-3-5-8-19/h3-5,7-8,17-18H,6,9-16H2,1-2H3,(H,25,31). The molecule has 2 aliphatic heterocycles. The number of amides is 2. The molecule has 4 rings (SSSR count). The van der Waals surface area contributed by atoms with Crippen LogP contribution in [0.2, 0.25) is 0 Å². The molecule has 32 heavy (non-hydrogen) atoms. The van der Waals surface area contributed by atoms with E-state index in [-0.39, 0.29) is 6.03 Å². The van der Waals surface area contributed by atoms with E-state index in [2.05, 4.69) is 38.9 Å². The minimum Gasteiger partial charge on any atom is -0.379 e. The van der Waals surface area contributed by atoms with E-state index >= 15 is 0 Å². The summed E-state index contributed by atoms with van der Waals surface area (Å²) in [4.78, 5) is 31.4. The number of nitrogens with one attached hydrogen (secondary N) is 1. The predicted molar refractivity (Wildman–Crippen MR) is 124 cm³/mol. The van der Waals surface area contributed by atoms with Crippen LogP contribution >= 0.6 is 0 Å². The van der Waals surface area contributed by atoms with Crippen LogP contribution in [0.1, 0.15) is 20.3 Å². The van der Waals surface area contributed by atoms with Gasteiger partial charge in [-0.15, -0.1) is 0 Å². The van der Waals surface area contributed by atoms with Gasteiger partial charge < -0.3 is 15.0 Å². The van der Waals surface area contributed by atoms with Crippen LogP contribution in [-0.2, 0) is 4.74 Å². The van der Waals surface area contributed by atoms with Crippen molar-refractivity contribution in [2.24, 2.45) is 0 Å². The third-order valence-electron chi connectivity index (χ3n) is 5.77. The van der Waals surface area contributed by atoms with Crippen molar-refractivity contribution in [2.45, 2.75) is 26.3 Å². The molecule has 2 fully saturated rings. The SMILES string of the molecule is CC(C)N1CCCN(c2ncnc(N(C(=O)Nc3ccccc3)N3CCOCC3)n2)CC1. The lowest BCUT2D eigenvalue weighted by molar-refractivity contribution is 0.0359. The second-order valence-electron chi connectivity index (χ2n) is 8.23. The Morgan fingerprint density at radius 1 is 1.03 bits per heavy atom. The third-order valence-corrected chi connectivity index (χ3v) is 5.77. The Hall–Kier alpha value is -2.82. The fraction of sp³-hybridized carbons (Fsp3) is 0.545. The fourth-order valence-corrected chi connectivity index (χ4v) is 3.98. The first kappa shape index (κ1) is 22.4. The van der Waals surface area contributed by atoms with E-state index < -0.39 is 0 Å². The molecule has 0 radical (unpaired) electrons. The zero-order valence-corrected chi connectivity index (χ0v) is 18.9. The predicted octanol–water partition coefficient (Wildman–Crippen LogP) is 2.08. The maximum atomic E-state index is 13.3. The molecule has 172 valence electrons. The first-order valence-corrected chi connectivity index (χ1v) is 11.3. The first-order chi connectivity index (χ1) is 15.6. The second-order valence-corrected chi connectivity index (χ2v) is 8.23. The number of hydrogen-bond acceptors (Lipinski definition) is 8. The zero-order valence-electron chi connectivity index (χ0n) is 18.9. The second kappa shape index (κ2) is 10.7. The number of ether oxygens (including phenoxy) is 1. The van der Waals surface area contributed by atoms with Gasteiger partial charge in [-0.2, -0.15) is 15.0 Å². The first-order valence-electron chi connectivity index (χ1n) is 11.3. The van der Waals surface area contributed by atoms with Gasteiger partial charge in [-0.05, 0) is 32.4 Å². The Morgan fingerprint density at radius 2 is 1.81 bits per heavy atom. The number of morpholine rings is 1. The lowest BCUT2D eigenvalue weighted by atomic mass is 10.3. The molecule has 1 aromatic carbocycles. The molecule has 0 bridgehead atoms. The van der Waals surface area contributed by atoms with Crippen molar-refractivity contribution in [2.75, 3.05) is 67.7 Å². The van der Waals surface area contributed by atoms with Crippen molar-refractivity contribution in [1.29, 1.82) is 0 Å².